The number of rotatable bonds is 7. The van der Waals surface area contributed by atoms with Gasteiger partial charge in [-0.2, -0.15) is 0 Å². The average Bonchev–Trinajstić information content (AvgIpc) is 3.35. The number of ether oxygens (including phenoxy) is 2. The first kappa shape index (κ1) is 32.6. The molecule has 238 valence electrons. The van der Waals surface area contributed by atoms with E-state index in [9.17, 15) is 18.4 Å². The van der Waals surface area contributed by atoms with E-state index >= 15 is 0 Å². The number of benzene rings is 2. The quantitative estimate of drug-likeness (QED) is 0.206. The fourth-order valence-corrected chi connectivity index (χ4v) is 7.20. The minimum absolute atomic E-state index is 0.00499. The Hall–Kier alpha value is -3.76. The van der Waals surface area contributed by atoms with Crippen LogP contribution in [0.5, 0.6) is 5.75 Å². The average molecular weight is 657 g/mol. The summed E-state index contributed by atoms with van der Waals surface area (Å²) in [6.45, 7) is 5.61. The molecule has 2 heterocycles. The van der Waals surface area contributed by atoms with Gasteiger partial charge in [-0.3, -0.25) is 4.79 Å². The molecular formula is C34H37ClF2N3O4S+. The van der Waals surface area contributed by atoms with Crippen LogP contribution in [0, 0.1) is 11.6 Å². The second-order valence-electron chi connectivity index (χ2n) is 12.3. The zero-order valence-electron chi connectivity index (χ0n) is 26.0. The Bertz CT molecular complexity index is 1710. The van der Waals surface area contributed by atoms with Crippen molar-refractivity contribution in [3.63, 3.8) is 0 Å². The first-order valence-corrected chi connectivity index (χ1v) is 16.0. The van der Waals surface area contributed by atoms with Crippen molar-refractivity contribution in [2.45, 2.75) is 70.7 Å². The highest BCUT2D eigenvalue weighted by Gasteiger charge is 2.34. The van der Waals surface area contributed by atoms with Gasteiger partial charge in [0.05, 0.1) is 22.2 Å². The van der Waals surface area contributed by atoms with Gasteiger partial charge in [0.2, 0.25) is 0 Å². The van der Waals surface area contributed by atoms with Crippen molar-refractivity contribution in [1.82, 2.24) is 10.2 Å². The maximum Gasteiger partial charge on any atom is 0.407 e. The van der Waals surface area contributed by atoms with Crippen LogP contribution in [0.4, 0.5) is 13.6 Å². The first-order chi connectivity index (χ1) is 21.3. The van der Waals surface area contributed by atoms with Crippen LogP contribution in [0.1, 0.15) is 61.7 Å². The van der Waals surface area contributed by atoms with Gasteiger partial charge < -0.3 is 19.7 Å². The summed E-state index contributed by atoms with van der Waals surface area (Å²) < 4.78 is 42.5. The zero-order chi connectivity index (χ0) is 32.5. The molecule has 0 unspecified atom stereocenters. The Morgan fingerprint density at radius 3 is 2.31 bits per heavy atom. The molecule has 1 aliphatic carbocycles. The van der Waals surface area contributed by atoms with E-state index in [-0.39, 0.29) is 38.6 Å². The van der Waals surface area contributed by atoms with Gasteiger partial charge in [-0.15, -0.1) is 11.3 Å². The van der Waals surface area contributed by atoms with Crippen molar-refractivity contribution in [2.75, 3.05) is 7.11 Å². The molecular weight excluding hydrogens is 620 g/mol. The van der Waals surface area contributed by atoms with Crippen LogP contribution in [-0.4, -0.2) is 41.7 Å². The number of pyridine rings is 1. The molecule has 1 N–H and O–H groups in total. The number of alkyl carbamates (subject to hydrolysis) is 1. The van der Waals surface area contributed by atoms with E-state index in [0.717, 1.165) is 40.2 Å². The Morgan fingerprint density at radius 1 is 1.02 bits per heavy atom. The zero-order valence-corrected chi connectivity index (χ0v) is 27.5. The summed E-state index contributed by atoms with van der Waals surface area (Å²) >= 11 is 7.45. The molecule has 1 aliphatic rings. The number of aromatic nitrogens is 1. The molecule has 0 saturated heterocycles. The number of nitrogens with zero attached hydrogens (tertiary/aromatic N) is 2. The number of aryl methyl sites for hydroxylation is 1. The molecule has 0 spiro atoms. The van der Waals surface area contributed by atoms with Crippen molar-refractivity contribution in [1.29, 1.82) is 0 Å². The molecule has 1 saturated carbocycles. The molecule has 4 aromatic rings. The summed E-state index contributed by atoms with van der Waals surface area (Å²) in [5, 5.41) is 2.76. The summed E-state index contributed by atoms with van der Waals surface area (Å²) in [5.41, 5.74) is 2.12. The lowest BCUT2D eigenvalue weighted by Gasteiger charge is -2.37. The number of nitrogens with one attached hydrogen (secondary N) is 1. The van der Waals surface area contributed by atoms with Gasteiger partial charge in [0.1, 0.15) is 34.9 Å². The lowest BCUT2D eigenvalue weighted by Crippen LogP contribution is -2.46. The monoisotopic (exact) mass is 656 g/mol. The van der Waals surface area contributed by atoms with Crippen molar-refractivity contribution < 1.29 is 32.4 Å². The van der Waals surface area contributed by atoms with Gasteiger partial charge in [0, 0.05) is 36.3 Å². The van der Waals surface area contributed by atoms with Gasteiger partial charge >= 0.3 is 6.09 Å². The minimum atomic E-state index is -0.683. The van der Waals surface area contributed by atoms with E-state index in [1.807, 2.05) is 75.1 Å². The molecule has 45 heavy (non-hydrogen) atoms. The molecule has 2 aromatic carbocycles. The number of hydrogen-bond donors (Lipinski definition) is 1. The van der Waals surface area contributed by atoms with Crippen molar-refractivity contribution in [2.24, 2.45) is 7.05 Å². The van der Waals surface area contributed by atoms with Gasteiger partial charge in [0.15, 0.2) is 12.4 Å². The number of halogens is 3. The number of thiophene rings is 1. The normalized spacial score (nSPS) is 16.8. The van der Waals surface area contributed by atoms with Crippen LogP contribution in [0.25, 0.3) is 21.2 Å². The number of methoxy groups -OCH3 is 1. The molecule has 0 radical (unpaired) electrons. The Balaban J connectivity index is 1.48. The van der Waals surface area contributed by atoms with Gasteiger partial charge in [-0.1, -0.05) is 17.7 Å². The molecule has 1 fully saturated rings. The van der Waals surface area contributed by atoms with Gasteiger partial charge in [-0.05, 0) is 81.8 Å². The van der Waals surface area contributed by atoms with Crippen molar-refractivity contribution in [3.05, 3.63) is 82.0 Å². The third-order valence-corrected chi connectivity index (χ3v) is 9.60. The molecule has 2 aromatic heterocycles. The Morgan fingerprint density at radius 2 is 1.69 bits per heavy atom. The largest absolute Gasteiger partial charge is 0.496 e. The van der Waals surface area contributed by atoms with Crippen LogP contribution in [0.15, 0.2) is 54.9 Å². The highest BCUT2D eigenvalue weighted by atomic mass is 35.5. The van der Waals surface area contributed by atoms with E-state index in [1.54, 1.807) is 12.0 Å². The fraction of sp³-hybridized carbons (Fsp3) is 0.382. The van der Waals surface area contributed by atoms with E-state index in [0.29, 0.717) is 31.4 Å². The number of amides is 2. The van der Waals surface area contributed by atoms with E-state index in [2.05, 4.69) is 5.32 Å². The van der Waals surface area contributed by atoms with E-state index < -0.39 is 29.2 Å². The molecule has 5 rings (SSSR count). The molecule has 0 aliphatic heterocycles. The van der Waals surface area contributed by atoms with Gasteiger partial charge in [-0.25, -0.2) is 18.1 Å². The van der Waals surface area contributed by atoms with Crippen LogP contribution < -0.4 is 14.6 Å². The van der Waals surface area contributed by atoms with Crippen LogP contribution in [0.2, 0.25) is 5.02 Å². The van der Waals surface area contributed by atoms with E-state index in [1.165, 1.54) is 0 Å². The Kier molecular flexibility index (Phi) is 9.65. The summed E-state index contributed by atoms with van der Waals surface area (Å²) in [6, 6.07) is 11.6. The standard InChI is InChI=1S/C34H36ClF2N3O4S/c1-34(2,3)44-33(42)38-23-7-9-24(10-8-23)40(32(41)31-29(35)28-25(36)11-12-26(37)30(28)45-31)19-22-18-21(6-13-27(22)43-5)20-14-16-39(4)17-15-20/h6,11-18,23-24H,7-10,19H2,1-5H3/p+1/t23-,24+. The Labute approximate surface area is 270 Å². The van der Waals surface area contributed by atoms with Crippen molar-refractivity contribution in [3.8, 4) is 16.9 Å². The topological polar surface area (TPSA) is 71.8 Å². The minimum Gasteiger partial charge on any atom is -0.496 e. The third-order valence-electron chi connectivity index (χ3n) is 7.93. The number of carbonyl (C=O) groups is 2. The number of carbonyl (C=O) groups excluding carboxylic acids is 2. The molecule has 7 nitrogen and oxygen atoms in total. The molecule has 2 amide bonds. The maximum absolute atomic E-state index is 14.8. The van der Waals surface area contributed by atoms with Crippen LogP contribution in [0.3, 0.4) is 0 Å². The lowest BCUT2D eigenvalue weighted by molar-refractivity contribution is -0.671. The van der Waals surface area contributed by atoms with Gasteiger partial charge in [0.25, 0.3) is 5.91 Å². The maximum atomic E-state index is 14.8. The number of fused-ring (bicyclic) bond motifs is 1. The smallest absolute Gasteiger partial charge is 0.407 e. The summed E-state index contributed by atoms with van der Waals surface area (Å²) in [4.78, 5) is 28.6. The molecule has 0 atom stereocenters. The first-order valence-electron chi connectivity index (χ1n) is 14.8. The highest BCUT2D eigenvalue weighted by Crippen LogP contribution is 2.40. The summed E-state index contributed by atoms with van der Waals surface area (Å²) in [7, 11) is 3.52. The molecule has 0 bridgehead atoms. The predicted octanol–water partition coefficient (Wildman–Crippen LogP) is 7.81. The number of hydrogen-bond acceptors (Lipinski definition) is 5. The lowest BCUT2D eigenvalue weighted by atomic mass is 9.89. The predicted molar refractivity (Wildman–Crippen MR) is 172 cm³/mol. The van der Waals surface area contributed by atoms with Crippen LogP contribution >= 0.6 is 22.9 Å². The molecule has 11 heteroatoms. The summed E-state index contributed by atoms with van der Waals surface area (Å²) in [6.07, 6.45) is 5.87. The third kappa shape index (κ3) is 7.39. The second-order valence-corrected chi connectivity index (χ2v) is 13.7. The highest BCUT2D eigenvalue weighted by molar-refractivity contribution is 7.21. The summed E-state index contributed by atoms with van der Waals surface area (Å²) in [5.74, 6) is -1.12. The van der Waals surface area contributed by atoms with E-state index in [4.69, 9.17) is 21.1 Å². The van der Waals surface area contributed by atoms with Crippen LogP contribution in [-0.2, 0) is 18.3 Å². The second kappa shape index (κ2) is 13.3. The SMILES string of the molecule is COc1ccc(-c2cc[n+](C)cc2)cc1CN(C(=O)c1sc2c(F)ccc(F)c2c1Cl)[C@H]1CC[C@@H](NC(=O)OC(C)(C)C)CC1. The fourth-order valence-electron chi connectivity index (χ4n) is 5.70. The van der Waals surface area contributed by atoms with Crippen molar-refractivity contribution >= 4 is 45.0 Å².